The molecule has 0 bridgehead atoms. The summed E-state index contributed by atoms with van der Waals surface area (Å²) in [5.41, 5.74) is 1.18. The molecule has 1 aliphatic heterocycles. The van der Waals surface area contributed by atoms with Crippen molar-refractivity contribution in [3.63, 3.8) is 0 Å². The van der Waals surface area contributed by atoms with Crippen LogP contribution in [0.2, 0.25) is 0 Å². The molecule has 3 N–H and O–H groups in total. The second kappa shape index (κ2) is 5.38. The van der Waals surface area contributed by atoms with E-state index >= 15 is 0 Å². The zero-order valence-corrected chi connectivity index (χ0v) is 11.8. The van der Waals surface area contributed by atoms with Gasteiger partial charge in [-0.3, -0.25) is 4.79 Å². The first-order chi connectivity index (χ1) is 8.47. The number of aryl methyl sites for hydroxylation is 2. The molecule has 4 nitrogen and oxygen atoms in total. The van der Waals surface area contributed by atoms with Crippen molar-refractivity contribution in [2.75, 3.05) is 6.54 Å². The van der Waals surface area contributed by atoms with Crippen molar-refractivity contribution in [2.45, 2.75) is 45.4 Å². The van der Waals surface area contributed by atoms with E-state index in [2.05, 4.69) is 30.5 Å². The fourth-order valence-electron chi connectivity index (χ4n) is 2.39. The molecule has 0 radical (unpaired) electrons. The van der Waals surface area contributed by atoms with Crippen molar-refractivity contribution in [1.29, 1.82) is 0 Å². The van der Waals surface area contributed by atoms with E-state index in [9.17, 15) is 9.90 Å². The minimum Gasteiger partial charge on any atom is -0.392 e. The van der Waals surface area contributed by atoms with Crippen molar-refractivity contribution in [1.82, 2.24) is 10.6 Å². The third-order valence-corrected chi connectivity index (χ3v) is 4.31. The molecule has 1 aromatic rings. The summed E-state index contributed by atoms with van der Waals surface area (Å²) in [7, 11) is 0. The van der Waals surface area contributed by atoms with Gasteiger partial charge >= 0.3 is 0 Å². The molecule has 1 amide bonds. The van der Waals surface area contributed by atoms with Gasteiger partial charge in [0.2, 0.25) is 5.91 Å². The zero-order valence-electron chi connectivity index (χ0n) is 11.0. The maximum absolute atomic E-state index is 12.0. The highest BCUT2D eigenvalue weighted by molar-refractivity contribution is 7.12. The number of rotatable bonds is 3. The van der Waals surface area contributed by atoms with Gasteiger partial charge in [-0.25, -0.2) is 0 Å². The first kappa shape index (κ1) is 13.5. The summed E-state index contributed by atoms with van der Waals surface area (Å²) in [6, 6.07) is 1.88. The minimum atomic E-state index is -0.402. The number of β-amino-alcohol motifs (C(OH)–C–C–N with tert-alkyl or cyclic N) is 1. The number of carbonyl (C=O) groups is 1. The molecule has 2 heterocycles. The van der Waals surface area contributed by atoms with Gasteiger partial charge < -0.3 is 15.7 Å². The fourth-order valence-corrected chi connectivity index (χ4v) is 3.41. The topological polar surface area (TPSA) is 61.4 Å². The van der Waals surface area contributed by atoms with Gasteiger partial charge in [-0.1, -0.05) is 0 Å². The van der Waals surface area contributed by atoms with Gasteiger partial charge in [0.15, 0.2) is 0 Å². The summed E-state index contributed by atoms with van der Waals surface area (Å²) in [5.74, 6) is -0.0256. The Hall–Kier alpha value is -0.910. The molecule has 0 aromatic carbocycles. The Labute approximate surface area is 111 Å². The van der Waals surface area contributed by atoms with Gasteiger partial charge in [0.25, 0.3) is 0 Å². The first-order valence-electron chi connectivity index (χ1n) is 6.26. The molecule has 0 spiro atoms. The van der Waals surface area contributed by atoms with Crippen molar-refractivity contribution >= 4 is 17.2 Å². The second-order valence-corrected chi connectivity index (χ2v) is 6.41. The second-order valence-electron chi connectivity index (χ2n) is 4.95. The normalized spacial score (nSPS) is 25.1. The molecule has 5 heteroatoms. The van der Waals surface area contributed by atoms with Gasteiger partial charge in [-0.15, -0.1) is 11.3 Å². The average molecular weight is 268 g/mol. The SMILES string of the molecule is Cc1cc([C@H](C)NC(=O)[C@@H]2C[C@@H](O)CN2)c(C)s1. The number of aliphatic hydroxyl groups is 1. The van der Waals surface area contributed by atoms with Crippen LogP contribution in [0.4, 0.5) is 0 Å². The quantitative estimate of drug-likeness (QED) is 0.773. The average Bonchev–Trinajstić information content (AvgIpc) is 2.84. The lowest BCUT2D eigenvalue weighted by atomic mass is 10.1. The Balaban J connectivity index is 1.97. The molecule has 1 aliphatic rings. The number of hydrogen-bond acceptors (Lipinski definition) is 4. The van der Waals surface area contributed by atoms with E-state index in [4.69, 9.17) is 0 Å². The molecule has 1 fully saturated rings. The Kier molecular flexibility index (Phi) is 4.04. The van der Waals surface area contributed by atoms with E-state index in [-0.39, 0.29) is 18.0 Å². The summed E-state index contributed by atoms with van der Waals surface area (Å²) in [4.78, 5) is 14.5. The van der Waals surface area contributed by atoms with Crippen molar-refractivity contribution in [2.24, 2.45) is 0 Å². The van der Waals surface area contributed by atoms with Crippen LogP contribution < -0.4 is 10.6 Å². The number of nitrogens with one attached hydrogen (secondary N) is 2. The highest BCUT2D eigenvalue weighted by Gasteiger charge is 2.29. The monoisotopic (exact) mass is 268 g/mol. The van der Waals surface area contributed by atoms with Crippen molar-refractivity contribution in [3.8, 4) is 0 Å². The third-order valence-electron chi connectivity index (χ3n) is 3.33. The number of aliphatic hydroxyl groups excluding tert-OH is 1. The van der Waals surface area contributed by atoms with Crippen LogP contribution in [0.15, 0.2) is 6.07 Å². The van der Waals surface area contributed by atoms with Crippen LogP contribution in [0.5, 0.6) is 0 Å². The van der Waals surface area contributed by atoms with Crippen LogP contribution in [-0.2, 0) is 4.79 Å². The van der Waals surface area contributed by atoms with Gasteiger partial charge in [-0.2, -0.15) is 0 Å². The standard InChI is InChI=1S/C13H20N2O2S/c1-7-4-11(9(3)18-7)8(2)15-13(17)12-5-10(16)6-14-12/h4,8,10,12,14,16H,5-6H2,1-3H3,(H,15,17)/t8-,10+,12-/m0/s1. The largest absolute Gasteiger partial charge is 0.392 e. The lowest BCUT2D eigenvalue weighted by Crippen LogP contribution is -2.41. The van der Waals surface area contributed by atoms with Crippen molar-refractivity contribution in [3.05, 3.63) is 21.4 Å². The zero-order chi connectivity index (χ0) is 13.3. The maximum Gasteiger partial charge on any atom is 0.237 e. The van der Waals surface area contributed by atoms with Crippen LogP contribution in [-0.4, -0.2) is 29.7 Å². The van der Waals surface area contributed by atoms with E-state index in [1.165, 1.54) is 15.3 Å². The third kappa shape index (κ3) is 2.91. The highest BCUT2D eigenvalue weighted by Crippen LogP contribution is 2.26. The Morgan fingerprint density at radius 3 is 2.83 bits per heavy atom. The Bertz CT molecular complexity index is 444. The summed E-state index contributed by atoms with van der Waals surface area (Å²) >= 11 is 1.75. The lowest BCUT2D eigenvalue weighted by Gasteiger charge is -2.17. The molecule has 0 unspecified atom stereocenters. The molecule has 0 saturated carbocycles. The fraction of sp³-hybridized carbons (Fsp3) is 0.615. The maximum atomic E-state index is 12.0. The number of carbonyl (C=O) groups excluding carboxylic acids is 1. The summed E-state index contributed by atoms with van der Waals surface area (Å²) in [6.07, 6.45) is 0.0985. The molecule has 1 saturated heterocycles. The van der Waals surface area contributed by atoms with Gasteiger partial charge in [-0.05, 0) is 38.8 Å². The number of hydrogen-bond donors (Lipinski definition) is 3. The van der Waals surface area contributed by atoms with E-state index in [1.807, 2.05) is 6.92 Å². The van der Waals surface area contributed by atoms with Gasteiger partial charge in [0.1, 0.15) is 0 Å². The van der Waals surface area contributed by atoms with E-state index < -0.39 is 6.10 Å². The minimum absolute atomic E-state index is 0.0157. The Morgan fingerprint density at radius 2 is 2.33 bits per heavy atom. The van der Waals surface area contributed by atoms with Crippen LogP contribution in [0.1, 0.15) is 34.7 Å². The number of amides is 1. The molecule has 18 heavy (non-hydrogen) atoms. The van der Waals surface area contributed by atoms with Gasteiger partial charge in [0, 0.05) is 16.3 Å². The summed E-state index contributed by atoms with van der Waals surface area (Å²) in [5, 5.41) is 15.4. The Morgan fingerprint density at radius 1 is 1.61 bits per heavy atom. The molecule has 2 rings (SSSR count). The lowest BCUT2D eigenvalue weighted by molar-refractivity contribution is -0.123. The van der Waals surface area contributed by atoms with E-state index in [0.717, 1.165) is 0 Å². The van der Waals surface area contributed by atoms with Crippen LogP contribution >= 0.6 is 11.3 Å². The van der Waals surface area contributed by atoms with Crippen LogP contribution in [0, 0.1) is 13.8 Å². The smallest absolute Gasteiger partial charge is 0.237 e. The summed E-state index contributed by atoms with van der Waals surface area (Å²) in [6.45, 7) is 6.65. The highest BCUT2D eigenvalue weighted by atomic mass is 32.1. The molecule has 1 aromatic heterocycles. The molecule has 100 valence electrons. The first-order valence-corrected chi connectivity index (χ1v) is 7.07. The summed E-state index contributed by atoms with van der Waals surface area (Å²) < 4.78 is 0. The van der Waals surface area contributed by atoms with E-state index in [1.54, 1.807) is 11.3 Å². The van der Waals surface area contributed by atoms with Crippen molar-refractivity contribution < 1.29 is 9.90 Å². The molecular weight excluding hydrogens is 248 g/mol. The molecule has 0 aliphatic carbocycles. The van der Waals surface area contributed by atoms with Crippen LogP contribution in [0.3, 0.4) is 0 Å². The number of thiophene rings is 1. The predicted octanol–water partition coefficient (Wildman–Crippen LogP) is 1.26. The van der Waals surface area contributed by atoms with E-state index in [0.29, 0.717) is 13.0 Å². The predicted molar refractivity (Wildman–Crippen MR) is 72.8 cm³/mol. The molecular formula is C13H20N2O2S. The molecule has 3 atom stereocenters. The van der Waals surface area contributed by atoms with Gasteiger partial charge in [0.05, 0.1) is 18.2 Å². The van der Waals surface area contributed by atoms with Crippen LogP contribution in [0.25, 0.3) is 0 Å².